The molecule has 0 bridgehead atoms. The number of halogens is 4. The standard InChI is InChI=1S/C13H14BrF3N2O2/c1-7(12(21)19(2)3)18-11(20)9-6-8(13(15,16)17)4-5-10(9)14/h4-7H,1-3H3,(H,18,20). The Bertz CT molecular complexity index is 559. The number of carbonyl (C=O) groups excluding carboxylic acids is 2. The molecule has 0 aliphatic carbocycles. The van der Waals surface area contributed by atoms with E-state index in [1.165, 1.54) is 25.9 Å². The number of alkyl halides is 3. The fourth-order valence-corrected chi connectivity index (χ4v) is 2.03. The molecule has 4 nitrogen and oxygen atoms in total. The smallest absolute Gasteiger partial charge is 0.347 e. The third-order valence-corrected chi connectivity index (χ3v) is 3.39. The van der Waals surface area contributed by atoms with E-state index in [1.807, 2.05) is 0 Å². The van der Waals surface area contributed by atoms with Gasteiger partial charge >= 0.3 is 6.18 Å². The second kappa shape index (κ2) is 6.46. The Morgan fingerprint density at radius 1 is 1.29 bits per heavy atom. The van der Waals surface area contributed by atoms with E-state index in [-0.39, 0.29) is 15.9 Å². The first-order valence-electron chi connectivity index (χ1n) is 5.92. The third kappa shape index (κ3) is 4.45. The van der Waals surface area contributed by atoms with E-state index in [4.69, 9.17) is 0 Å². The molecule has 116 valence electrons. The summed E-state index contributed by atoms with van der Waals surface area (Å²) in [6.07, 6.45) is -4.54. The maximum absolute atomic E-state index is 12.7. The molecule has 0 aliphatic rings. The Labute approximate surface area is 128 Å². The maximum atomic E-state index is 12.7. The van der Waals surface area contributed by atoms with E-state index in [0.717, 1.165) is 18.2 Å². The Balaban J connectivity index is 3.00. The first kappa shape index (κ1) is 17.5. The lowest BCUT2D eigenvalue weighted by atomic mass is 10.1. The average Bonchev–Trinajstić information content (AvgIpc) is 2.36. The van der Waals surface area contributed by atoms with Crippen molar-refractivity contribution in [1.29, 1.82) is 0 Å². The maximum Gasteiger partial charge on any atom is 0.416 e. The highest BCUT2D eigenvalue weighted by atomic mass is 79.9. The van der Waals surface area contributed by atoms with E-state index in [9.17, 15) is 22.8 Å². The molecule has 1 aromatic carbocycles. The molecule has 1 atom stereocenters. The Kier molecular flexibility index (Phi) is 5.38. The monoisotopic (exact) mass is 366 g/mol. The van der Waals surface area contributed by atoms with Crippen LogP contribution >= 0.6 is 15.9 Å². The van der Waals surface area contributed by atoms with Gasteiger partial charge in [-0.2, -0.15) is 13.2 Å². The van der Waals surface area contributed by atoms with Gasteiger partial charge in [-0.1, -0.05) is 0 Å². The summed E-state index contributed by atoms with van der Waals surface area (Å²) in [7, 11) is 3.04. The van der Waals surface area contributed by atoms with Crippen LogP contribution in [0, 0.1) is 0 Å². The minimum absolute atomic E-state index is 0.178. The van der Waals surface area contributed by atoms with Crippen molar-refractivity contribution in [2.45, 2.75) is 19.1 Å². The van der Waals surface area contributed by atoms with Gasteiger partial charge in [-0.15, -0.1) is 0 Å². The molecule has 0 spiro atoms. The molecule has 0 fully saturated rings. The van der Waals surface area contributed by atoms with Gasteiger partial charge in [-0.3, -0.25) is 9.59 Å². The Morgan fingerprint density at radius 3 is 2.33 bits per heavy atom. The zero-order valence-electron chi connectivity index (χ0n) is 11.6. The number of hydrogen-bond acceptors (Lipinski definition) is 2. The lowest BCUT2D eigenvalue weighted by Gasteiger charge is -2.18. The summed E-state index contributed by atoms with van der Waals surface area (Å²) in [5.41, 5.74) is -1.11. The number of benzene rings is 1. The van der Waals surface area contributed by atoms with Gasteiger partial charge in [0.25, 0.3) is 5.91 Å². The van der Waals surface area contributed by atoms with Crippen molar-refractivity contribution in [3.8, 4) is 0 Å². The van der Waals surface area contributed by atoms with Crippen LogP contribution in [0.25, 0.3) is 0 Å². The van der Waals surface area contributed by atoms with Crippen molar-refractivity contribution in [2.75, 3.05) is 14.1 Å². The van der Waals surface area contributed by atoms with Crippen molar-refractivity contribution in [1.82, 2.24) is 10.2 Å². The largest absolute Gasteiger partial charge is 0.416 e. The van der Waals surface area contributed by atoms with Crippen molar-refractivity contribution in [3.05, 3.63) is 33.8 Å². The molecule has 1 aromatic rings. The number of carbonyl (C=O) groups is 2. The number of amides is 2. The molecule has 1 rings (SSSR count). The summed E-state index contributed by atoms with van der Waals surface area (Å²) in [6, 6.07) is 1.92. The highest BCUT2D eigenvalue weighted by Crippen LogP contribution is 2.31. The van der Waals surface area contributed by atoms with Gasteiger partial charge in [-0.05, 0) is 41.1 Å². The second-order valence-electron chi connectivity index (χ2n) is 4.62. The van der Waals surface area contributed by atoms with Gasteiger partial charge < -0.3 is 10.2 Å². The lowest BCUT2D eigenvalue weighted by molar-refractivity contribution is -0.137. The normalized spacial score (nSPS) is 12.7. The van der Waals surface area contributed by atoms with Gasteiger partial charge in [0.1, 0.15) is 6.04 Å². The number of likely N-dealkylation sites (N-methyl/N-ethyl adjacent to an activating group) is 1. The topological polar surface area (TPSA) is 49.4 Å². The summed E-state index contributed by atoms with van der Waals surface area (Å²) < 4.78 is 38.2. The van der Waals surface area contributed by atoms with Crippen LogP contribution in [0.4, 0.5) is 13.2 Å². The van der Waals surface area contributed by atoms with Gasteiger partial charge in [-0.25, -0.2) is 0 Å². The fraction of sp³-hybridized carbons (Fsp3) is 0.385. The first-order chi connectivity index (χ1) is 9.54. The van der Waals surface area contributed by atoms with E-state index in [1.54, 1.807) is 0 Å². The highest BCUT2D eigenvalue weighted by Gasteiger charge is 2.32. The second-order valence-corrected chi connectivity index (χ2v) is 5.47. The Morgan fingerprint density at radius 2 is 1.86 bits per heavy atom. The lowest BCUT2D eigenvalue weighted by Crippen LogP contribution is -2.44. The summed E-state index contributed by atoms with van der Waals surface area (Å²) in [5, 5.41) is 2.37. The molecule has 0 aliphatic heterocycles. The van der Waals surface area contributed by atoms with Crippen molar-refractivity contribution < 1.29 is 22.8 Å². The minimum Gasteiger partial charge on any atom is -0.347 e. The average molecular weight is 367 g/mol. The molecule has 2 amide bonds. The molecule has 21 heavy (non-hydrogen) atoms. The van der Waals surface area contributed by atoms with E-state index in [0.29, 0.717) is 0 Å². The highest BCUT2D eigenvalue weighted by molar-refractivity contribution is 9.10. The van der Waals surface area contributed by atoms with Crippen LogP contribution in [0.15, 0.2) is 22.7 Å². The molecule has 0 heterocycles. The molecule has 0 radical (unpaired) electrons. The number of nitrogens with zero attached hydrogens (tertiary/aromatic N) is 1. The molecule has 0 aromatic heterocycles. The molecule has 1 unspecified atom stereocenters. The van der Waals surface area contributed by atoms with Crippen LogP contribution in [0.3, 0.4) is 0 Å². The fourth-order valence-electron chi connectivity index (χ4n) is 1.60. The van der Waals surface area contributed by atoms with E-state index in [2.05, 4.69) is 21.2 Å². The molecule has 1 N–H and O–H groups in total. The molecule has 0 saturated heterocycles. The Hall–Kier alpha value is -1.57. The van der Waals surface area contributed by atoms with Crippen molar-refractivity contribution in [3.63, 3.8) is 0 Å². The summed E-state index contributed by atoms with van der Waals surface area (Å²) in [4.78, 5) is 24.9. The molecule has 0 saturated carbocycles. The third-order valence-electron chi connectivity index (χ3n) is 2.70. The van der Waals surface area contributed by atoms with Gasteiger partial charge in [0, 0.05) is 18.6 Å². The van der Waals surface area contributed by atoms with Crippen LogP contribution in [-0.4, -0.2) is 36.9 Å². The van der Waals surface area contributed by atoms with E-state index >= 15 is 0 Å². The zero-order valence-corrected chi connectivity index (χ0v) is 13.2. The quantitative estimate of drug-likeness (QED) is 0.893. The summed E-state index contributed by atoms with van der Waals surface area (Å²) >= 11 is 3.03. The molecular formula is C13H14BrF3N2O2. The van der Waals surface area contributed by atoms with Crippen LogP contribution in [0.2, 0.25) is 0 Å². The van der Waals surface area contributed by atoms with Crippen molar-refractivity contribution in [2.24, 2.45) is 0 Å². The van der Waals surface area contributed by atoms with E-state index < -0.39 is 23.7 Å². The SMILES string of the molecule is CC(NC(=O)c1cc(C(F)(F)F)ccc1Br)C(=O)N(C)C. The predicted octanol–water partition coefficient (Wildman–Crippen LogP) is 2.67. The minimum atomic E-state index is -4.54. The summed E-state index contributed by atoms with van der Waals surface area (Å²) in [5.74, 6) is -1.11. The predicted molar refractivity (Wildman–Crippen MR) is 74.8 cm³/mol. The van der Waals surface area contributed by atoms with Gasteiger partial charge in [0.15, 0.2) is 0 Å². The summed E-state index contributed by atoms with van der Waals surface area (Å²) in [6.45, 7) is 1.46. The number of nitrogens with one attached hydrogen (secondary N) is 1. The number of rotatable bonds is 3. The molecular weight excluding hydrogens is 353 g/mol. The molecule has 8 heteroatoms. The van der Waals surface area contributed by atoms with Gasteiger partial charge in [0.05, 0.1) is 11.1 Å². The first-order valence-corrected chi connectivity index (χ1v) is 6.72. The van der Waals surface area contributed by atoms with Crippen LogP contribution in [0.5, 0.6) is 0 Å². The zero-order chi connectivity index (χ0) is 16.4. The number of hydrogen-bond donors (Lipinski definition) is 1. The van der Waals surface area contributed by atoms with Crippen LogP contribution in [-0.2, 0) is 11.0 Å². The van der Waals surface area contributed by atoms with Crippen LogP contribution < -0.4 is 5.32 Å². The van der Waals surface area contributed by atoms with Crippen LogP contribution in [0.1, 0.15) is 22.8 Å². The van der Waals surface area contributed by atoms with Gasteiger partial charge in [0.2, 0.25) is 5.91 Å². The van der Waals surface area contributed by atoms with Crippen molar-refractivity contribution >= 4 is 27.7 Å².